The van der Waals surface area contributed by atoms with Crippen LogP contribution in [0.4, 0.5) is 17.1 Å². The predicted octanol–water partition coefficient (Wildman–Crippen LogP) is 3.60. The zero-order valence-electron chi connectivity index (χ0n) is 17.0. The topological polar surface area (TPSA) is 61.9 Å². The van der Waals surface area contributed by atoms with Crippen LogP contribution in [0, 0.1) is 12.8 Å². The first-order valence-corrected chi connectivity index (χ1v) is 10.2. The van der Waals surface area contributed by atoms with Crippen molar-refractivity contribution in [3.63, 3.8) is 0 Å². The van der Waals surface area contributed by atoms with Gasteiger partial charge in [0.2, 0.25) is 11.8 Å². The number of carbonyl (C=O) groups is 2. The molecule has 1 N–H and O–H groups in total. The second-order valence-electron chi connectivity index (χ2n) is 7.81. The van der Waals surface area contributed by atoms with Crippen LogP contribution in [0.5, 0.6) is 5.75 Å². The van der Waals surface area contributed by atoms with Gasteiger partial charge in [-0.15, -0.1) is 0 Å². The summed E-state index contributed by atoms with van der Waals surface area (Å²) >= 11 is 0. The van der Waals surface area contributed by atoms with E-state index in [1.165, 1.54) is 18.5 Å². The van der Waals surface area contributed by atoms with Crippen molar-refractivity contribution in [2.24, 2.45) is 5.92 Å². The maximum absolute atomic E-state index is 12.8. The molecule has 2 amide bonds. The van der Waals surface area contributed by atoms with Crippen LogP contribution in [-0.2, 0) is 9.59 Å². The summed E-state index contributed by atoms with van der Waals surface area (Å²) in [5.41, 5.74) is 3.72. The lowest BCUT2D eigenvalue weighted by Gasteiger charge is -2.20. The normalized spacial score (nSPS) is 19.0. The van der Waals surface area contributed by atoms with Crippen molar-refractivity contribution >= 4 is 28.9 Å². The van der Waals surface area contributed by atoms with Crippen LogP contribution in [0.15, 0.2) is 42.5 Å². The minimum Gasteiger partial charge on any atom is -0.495 e. The average molecular weight is 393 g/mol. The number of nitrogens with zero attached hydrogens (tertiary/aromatic N) is 2. The van der Waals surface area contributed by atoms with E-state index in [0.29, 0.717) is 12.3 Å². The summed E-state index contributed by atoms with van der Waals surface area (Å²) in [6.45, 7) is 4.51. The summed E-state index contributed by atoms with van der Waals surface area (Å²) < 4.78 is 5.41. The molecule has 0 bridgehead atoms. The molecule has 0 radical (unpaired) electrons. The monoisotopic (exact) mass is 393 g/mol. The molecule has 4 rings (SSSR count). The van der Waals surface area contributed by atoms with Gasteiger partial charge in [0.05, 0.1) is 18.7 Å². The van der Waals surface area contributed by atoms with Crippen LogP contribution in [0.3, 0.4) is 0 Å². The van der Waals surface area contributed by atoms with Gasteiger partial charge < -0.3 is 19.9 Å². The molecule has 0 saturated carbocycles. The zero-order valence-corrected chi connectivity index (χ0v) is 17.0. The van der Waals surface area contributed by atoms with E-state index in [0.717, 1.165) is 30.0 Å². The fourth-order valence-electron chi connectivity index (χ4n) is 4.10. The van der Waals surface area contributed by atoms with Gasteiger partial charge in [-0.1, -0.05) is 6.07 Å². The SMILES string of the molecule is COc1ccc(C)cc1N1CC(C(=O)Nc2ccc(N3CCCC3)cc2)CC1=O. The summed E-state index contributed by atoms with van der Waals surface area (Å²) in [4.78, 5) is 29.4. The van der Waals surface area contributed by atoms with Crippen LogP contribution in [0.25, 0.3) is 0 Å². The minimum absolute atomic E-state index is 0.0570. The lowest BCUT2D eigenvalue weighted by atomic mass is 10.1. The van der Waals surface area contributed by atoms with Gasteiger partial charge in [-0.3, -0.25) is 9.59 Å². The van der Waals surface area contributed by atoms with Gasteiger partial charge in [0, 0.05) is 37.4 Å². The Balaban J connectivity index is 1.42. The summed E-state index contributed by atoms with van der Waals surface area (Å²) in [5, 5.41) is 2.97. The Morgan fingerprint density at radius 1 is 1.10 bits per heavy atom. The third-order valence-corrected chi connectivity index (χ3v) is 5.73. The molecule has 2 aliphatic rings. The van der Waals surface area contributed by atoms with Crippen molar-refractivity contribution < 1.29 is 14.3 Å². The van der Waals surface area contributed by atoms with Crippen molar-refractivity contribution in [1.29, 1.82) is 0 Å². The van der Waals surface area contributed by atoms with Crippen LogP contribution >= 0.6 is 0 Å². The molecule has 2 aromatic carbocycles. The number of hydrogen-bond acceptors (Lipinski definition) is 4. The second kappa shape index (κ2) is 8.15. The van der Waals surface area contributed by atoms with Crippen LogP contribution in [-0.4, -0.2) is 38.6 Å². The fraction of sp³-hybridized carbons (Fsp3) is 0.391. The number of nitrogens with one attached hydrogen (secondary N) is 1. The van der Waals surface area contributed by atoms with Crippen LogP contribution in [0.1, 0.15) is 24.8 Å². The summed E-state index contributed by atoms with van der Waals surface area (Å²) in [6.07, 6.45) is 2.67. The number of hydrogen-bond donors (Lipinski definition) is 1. The third kappa shape index (κ3) is 4.06. The molecule has 2 heterocycles. The summed E-state index contributed by atoms with van der Waals surface area (Å²) in [5.74, 6) is 0.0771. The molecule has 2 fully saturated rings. The third-order valence-electron chi connectivity index (χ3n) is 5.73. The van der Waals surface area contributed by atoms with Gasteiger partial charge in [0.25, 0.3) is 0 Å². The first-order valence-electron chi connectivity index (χ1n) is 10.2. The largest absolute Gasteiger partial charge is 0.495 e. The molecule has 0 spiro atoms. The summed E-state index contributed by atoms with van der Waals surface area (Å²) in [7, 11) is 1.59. The van der Waals surface area contributed by atoms with Crippen molar-refractivity contribution in [2.45, 2.75) is 26.2 Å². The molecular weight excluding hydrogens is 366 g/mol. The van der Waals surface area contributed by atoms with Crippen molar-refractivity contribution in [3.8, 4) is 5.75 Å². The predicted molar refractivity (Wildman–Crippen MR) is 115 cm³/mol. The standard InChI is InChI=1S/C23H27N3O3/c1-16-5-10-21(29-2)20(13-16)26-15-17(14-22(26)27)23(28)24-18-6-8-19(9-7-18)25-11-3-4-12-25/h5-10,13,17H,3-4,11-12,14-15H2,1-2H3,(H,24,28). The van der Waals surface area contributed by atoms with Gasteiger partial charge in [-0.05, 0) is 61.7 Å². The van der Waals surface area contributed by atoms with Gasteiger partial charge in [-0.2, -0.15) is 0 Å². The number of amides is 2. The molecule has 6 nitrogen and oxygen atoms in total. The van der Waals surface area contributed by atoms with Gasteiger partial charge >= 0.3 is 0 Å². The minimum atomic E-state index is -0.383. The Morgan fingerprint density at radius 3 is 2.52 bits per heavy atom. The number of benzene rings is 2. The number of aryl methyl sites for hydroxylation is 1. The molecule has 0 aliphatic carbocycles. The first kappa shape index (κ1) is 19.3. The van der Waals surface area contributed by atoms with E-state index < -0.39 is 0 Å². The second-order valence-corrected chi connectivity index (χ2v) is 7.81. The van der Waals surface area contributed by atoms with E-state index >= 15 is 0 Å². The zero-order chi connectivity index (χ0) is 20.4. The fourth-order valence-corrected chi connectivity index (χ4v) is 4.10. The van der Waals surface area contributed by atoms with Gasteiger partial charge in [0.1, 0.15) is 5.75 Å². The highest BCUT2D eigenvalue weighted by atomic mass is 16.5. The van der Waals surface area contributed by atoms with E-state index in [-0.39, 0.29) is 24.2 Å². The molecule has 0 aromatic heterocycles. The molecule has 1 unspecified atom stereocenters. The van der Waals surface area contributed by atoms with E-state index in [1.54, 1.807) is 12.0 Å². The Morgan fingerprint density at radius 2 is 1.83 bits per heavy atom. The lowest BCUT2D eigenvalue weighted by molar-refractivity contribution is -0.122. The average Bonchev–Trinajstić information content (AvgIpc) is 3.38. The Labute approximate surface area is 171 Å². The van der Waals surface area contributed by atoms with Crippen molar-refractivity contribution in [2.75, 3.05) is 41.9 Å². The van der Waals surface area contributed by atoms with Crippen LogP contribution < -0.4 is 19.9 Å². The van der Waals surface area contributed by atoms with E-state index in [9.17, 15) is 9.59 Å². The highest BCUT2D eigenvalue weighted by molar-refractivity contribution is 6.04. The highest BCUT2D eigenvalue weighted by Crippen LogP contribution is 2.34. The quantitative estimate of drug-likeness (QED) is 0.843. The molecule has 1 atom stereocenters. The van der Waals surface area contributed by atoms with Crippen LogP contribution in [0.2, 0.25) is 0 Å². The van der Waals surface area contributed by atoms with Crippen molar-refractivity contribution in [3.05, 3.63) is 48.0 Å². The Bertz CT molecular complexity index is 904. The molecule has 2 aliphatic heterocycles. The van der Waals surface area contributed by atoms with E-state index in [4.69, 9.17) is 4.74 Å². The molecule has 152 valence electrons. The van der Waals surface area contributed by atoms with Crippen molar-refractivity contribution in [1.82, 2.24) is 0 Å². The summed E-state index contributed by atoms with van der Waals surface area (Å²) in [6, 6.07) is 13.7. The molecule has 2 aromatic rings. The van der Waals surface area contributed by atoms with Gasteiger partial charge in [-0.25, -0.2) is 0 Å². The number of methoxy groups -OCH3 is 1. The molecule has 2 saturated heterocycles. The lowest BCUT2D eigenvalue weighted by Crippen LogP contribution is -2.28. The number of rotatable bonds is 5. The molecule has 6 heteroatoms. The Hall–Kier alpha value is -3.02. The number of anilines is 3. The maximum Gasteiger partial charge on any atom is 0.229 e. The van der Waals surface area contributed by atoms with E-state index in [2.05, 4.69) is 10.2 Å². The smallest absolute Gasteiger partial charge is 0.229 e. The maximum atomic E-state index is 12.8. The molecular formula is C23H27N3O3. The Kier molecular flexibility index (Phi) is 5.43. The van der Waals surface area contributed by atoms with E-state index in [1.807, 2.05) is 49.4 Å². The first-order chi connectivity index (χ1) is 14.0. The van der Waals surface area contributed by atoms with Gasteiger partial charge in [0.15, 0.2) is 0 Å². The number of carbonyl (C=O) groups excluding carboxylic acids is 2. The number of ether oxygens (including phenoxy) is 1. The molecule has 29 heavy (non-hydrogen) atoms. The highest BCUT2D eigenvalue weighted by Gasteiger charge is 2.36.